The molecule has 1 aliphatic rings. The first kappa shape index (κ1) is 24.3. The van der Waals surface area contributed by atoms with Gasteiger partial charge in [0, 0.05) is 22.3 Å². The second kappa shape index (κ2) is 11.5. The summed E-state index contributed by atoms with van der Waals surface area (Å²) in [6.07, 6.45) is 2.99. The van der Waals surface area contributed by atoms with E-state index in [1.807, 2.05) is 58.1 Å². The van der Waals surface area contributed by atoms with E-state index < -0.39 is 0 Å². The first-order valence-electron chi connectivity index (χ1n) is 11.4. The molecule has 1 aromatic carbocycles. The standard InChI is InChI=1S/C26H30N2O4S2/c1-31-23-10-7-19(15-24(23)32-2)11-12-27(17-22-6-4-14-34-22)26(30)18-28(20-8-9-20)25(29)16-21-5-3-13-33-21/h3-7,10,13-15,20H,8-9,11-12,16-18H2,1-2H3. The summed E-state index contributed by atoms with van der Waals surface area (Å²) in [7, 11) is 3.23. The normalized spacial score (nSPS) is 12.9. The molecule has 0 aliphatic heterocycles. The second-order valence-corrected chi connectivity index (χ2v) is 10.4. The highest BCUT2D eigenvalue weighted by atomic mass is 32.1. The molecular formula is C26H30N2O4S2. The summed E-state index contributed by atoms with van der Waals surface area (Å²) in [5.74, 6) is 1.38. The summed E-state index contributed by atoms with van der Waals surface area (Å²) >= 11 is 3.22. The zero-order valence-electron chi connectivity index (χ0n) is 19.6. The van der Waals surface area contributed by atoms with Gasteiger partial charge in [-0.2, -0.15) is 0 Å². The highest BCUT2D eigenvalue weighted by Crippen LogP contribution is 2.29. The molecule has 2 amide bonds. The van der Waals surface area contributed by atoms with E-state index in [4.69, 9.17) is 9.47 Å². The van der Waals surface area contributed by atoms with Crippen molar-refractivity contribution in [3.05, 3.63) is 68.5 Å². The van der Waals surface area contributed by atoms with E-state index in [9.17, 15) is 9.59 Å². The molecule has 2 heterocycles. The van der Waals surface area contributed by atoms with Gasteiger partial charge in [0.1, 0.15) is 6.54 Å². The van der Waals surface area contributed by atoms with E-state index in [1.165, 1.54) is 0 Å². The minimum absolute atomic E-state index is 0.0136. The molecule has 0 saturated heterocycles. The van der Waals surface area contributed by atoms with E-state index >= 15 is 0 Å². The van der Waals surface area contributed by atoms with E-state index in [-0.39, 0.29) is 24.4 Å². The van der Waals surface area contributed by atoms with E-state index in [2.05, 4.69) is 0 Å². The molecule has 0 atom stereocenters. The van der Waals surface area contributed by atoms with Gasteiger partial charge in [0.15, 0.2) is 11.5 Å². The van der Waals surface area contributed by atoms with Crippen LogP contribution in [-0.4, -0.2) is 55.0 Å². The van der Waals surface area contributed by atoms with Crippen molar-refractivity contribution in [2.75, 3.05) is 27.3 Å². The number of carbonyl (C=O) groups is 2. The third-order valence-electron chi connectivity index (χ3n) is 5.92. The quantitative estimate of drug-likeness (QED) is 0.365. The van der Waals surface area contributed by atoms with Gasteiger partial charge in [0.25, 0.3) is 0 Å². The molecule has 34 heavy (non-hydrogen) atoms. The second-order valence-electron chi connectivity index (χ2n) is 8.34. The Morgan fingerprint density at radius 2 is 1.65 bits per heavy atom. The number of nitrogens with zero attached hydrogens (tertiary/aromatic N) is 2. The van der Waals surface area contributed by atoms with Crippen LogP contribution in [0.1, 0.15) is 28.2 Å². The number of benzene rings is 1. The Morgan fingerprint density at radius 3 is 2.26 bits per heavy atom. The van der Waals surface area contributed by atoms with Crippen LogP contribution in [0, 0.1) is 0 Å². The van der Waals surface area contributed by atoms with Crippen molar-refractivity contribution < 1.29 is 19.1 Å². The molecule has 0 N–H and O–H groups in total. The number of hydrogen-bond donors (Lipinski definition) is 0. The average Bonchev–Trinajstić information content (AvgIpc) is 3.30. The van der Waals surface area contributed by atoms with Gasteiger partial charge in [-0.3, -0.25) is 9.59 Å². The van der Waals surface area contributed by atoms with E-state index in [0.29, 0.717) is 37.4 Å². The Morgan fingerprint density at radius 1 is 0.941 bits per heavy atom. The number of methoxy groups -OCH3 is 2. The summed E-state index contributed by atoms with van der Waals surface area (Å²) in [6.45, 7) is 1.23. The first-order valence-corrected chi connectivity index (χ1v) is 13.2. The SMILES string of the molecule is COc1ccc(CCN(Cc2cccs2)C(=O)CN(C(=O)Cc2cccs2)C2CC2)cc1OC. The van der Waals surface area contributed by atoms with Gasteiger partial charge in [-0.05, 0) is 59.9 Å². The predicted molar refractivity (Wildman–Crippen MR) is 136 cm³/mol. The van der Waals surface area contributed by atoms with Crippen molar-refractivity contribution in [2.24, 2.45) is 0 Å². The number of carbonyl (C=O) groups excluding carboxylic acids is 2. The zero-order chi connectivity index (χ0) is 23.9. The minimum Gasteiger partial charge on any atom is -0.493 e. The van der Waals surface area contributed by atoms with Gasteiger partial charge < -0.3 is 19.3 Å². The number of thiophene rings is 2. The lowest BCUT2D eigenvalue weighted by atomic mass is 10.1. The molecule has 2 aromatic heterocycles. The average molecular weight is 499 g/mol. The Hall–Kier alpha value is -2.84. The van der Waals surface area contributed by atoms with Gasteiger partial charge in [0.05, 0.1) is 27.2 Å². The fourth-order valence-electron chi connectivity index (χ4n) is 3.90. The number of ether oxygens (including phenoxy) is 2. The minimum atomic E-state index is -0.0136. The fourth-order valence-corrected chi connectivity index (χ4v) is 5.31. The highest BCUT2D eigenvalue weighted by Gasteiger charge is 2.34. The van der Waals surface area contributed by atoms with Crippen LogP contribution in [0.25, 0.3) is 0 Å². The van der Waals surface area contributed by atoms with Crippen molar-refractivity contribution in [2.45, 2.75) is 38.3 Å². The van der Waals surface area contributed by atoms with E-state index in [0.717, 1.165) is 28.2 Å². The molecule has 0 radical (unpaired) electrons. The molecule has 6 nitrogen and oxygen atoms in total. The largest absolute Gasteiger partial charge is 0.493 e. The highest BCUT2D eigenvalue weighted by molar-refractivity contribution is 7.10. The number of amides is 2. The van der Waals surface area contributed by atoms with Crippen LogP contribution in [0.3, 0.4) is 0 Å². The molecule has 3 aromatic rings. The summed E-state index contributed by atoms with van der Waals surface area (Å²) in [6, 6.07) is 14.0. The van der Waals surface area contributed by atoms with Gasteiger partial charge >= 0.3 is 0 Å². The molecule has 0 bridgehead atoms. The lowest BCUT2D eigenvalue weighted by Crippen LogP contribution is -2.44. The smallest absolute Gasteiger partial charge is 0.242 e. The number of hydrogen-bond acceptors (Lipinski definition) is 6. The van der Waals surface area contributed by atoms with Crippen LogP contribution in [-0.2, 0) is 29.0 Å². The molecule has 8 heteroatoms. The van der Waals surface area contributed by atoms with Crippen LogP contribution in [0.4, 0.5) is 0 Å². The third kappa shape index (κ3) is 6.39. The summed E-state index contributed by atoms with van der Waals surface area (Å²) in [5.41, 5.74) is 1.06. The first-order chi connectivity index (χ1) is 16.6. The van der Waals surface area contributed by atoms with Gasteiger partial charge in [-0.15, -0.1) is 22.7 Å². The lowest BCUT2D eigenvalue weighted by molar-refractivity contribution is -0.141. The Labute approximate surface area is 208 Å². The van der Waals surface area contributed by atoms with Crippen molar-refractivity contribution in [1.82, 2.24) is 9.80 Å². The number of rotatable bonds is 12. The fraction of sp³-hybridized carbons (Fsp3) is 0.385. The maximum Gasteiger partial charge on any atom is 0.242 e. The molecule has 1 fully saturated rings. The van der Waals surface area contributed by atoms with Crippen molar-refractivity contribution in [1.29, 1.82) is 0 Å². The molecule has 180 valence electrons. The zero-order valence-corrected chi connectivity index (χ0v) is 21.2. The van der Waals surface area contributed by atoms with Crippen LogP contribution in [0.5, 0.6) is 11.5 Å². The van der Waals surface area contributed by atoms with Gasteiger partial charge in [0.2, 0.25) is 11.8 Å². The van der Waals surface area contributed by atoms with Crippen LogP contribution >= 0.6 is 22.7 Å². The molecule has 4 rings (SSSR count). The Balaban J connectivity index is 1.45. The molecule has 0 spiro atoms. The summed E-state index contributed by atoms with van der Waals surface area (Å²) in [5, 5.41) is 4.00. The Bertz CT molecular complexity index is 1080. The monoisotopic (exact) mass is 498 g/mol. The van der Waals surface area contributed by atoms with Crippen LogP contribution < -0.4 is 9.47 Å². The molecule has 1 aliphatic carbocycles. The molecule has 0 unspecified atom stereocenters. The summed E-state index contributed by atoms with van der Waals surface area (Å²) in [4.78, 5) is 32.3. The maximum absolute atomic E-state index is 13.5. The molecule has 1 saturated carbocycles. The van der Waals surface area contributed by atoms with Crippen molar-refractivity contribution >= 4 is 34.5 Å². The van der Waals surface area contributed by atoms with E-state index in [1.54, 1.807) is 41.8 Å². The van der Waals surface area contributed by atoms with Crippen LogP contribution in [0.2, 0.25) is 0 Å². The van der Waals surface area contributed by atoms with Gasteiger partial charge in [-0.1, -0.05) is 18.2 Å². The van der Waals surface area contributed by atoms with Crippen LogP contribution in [0.15, 0.2) is 53.2 Å². The lowest BCUT2D eigenvalue weighted by Gasteiger charge is -2.28. The molecular weight excluding hydrogens is 468 g/mol. The predicted octanol–water partition coefficient (Wildman–Crippen LogP) is 4.63. The Kier molecular flexibility index (Phi) is 8.24. The van der Waals surface area contributed by atoms with Crippen molar-refractivity contribution in [3.8, 4) is 11.5 Å². The van der Waals surface area contributed by atoms with Gasteiger partial charge in [-0.25, -0.2) is 0 Å². The summed E-state index contributed by atoms with van der Waals surface area (Å²) < 4.78 is 10.8. The third-order valence-corrected chi connectivity index (χ3v) is 7.65. The topological polar surface area (TPSA) is 59.1 Å². The maximum atomic E-state index is 13.5. The van der Waals surface area contributed by atoms with Crippen molar-refractivity contribution in [3.63, 3.8) is 0 Å².